The number of rotatable bonds is 3. The van der Waals surface area contributed by atoms with Crippen LogP contribution in [0.4, 0.5) is 0 Å². The molecule has 1 aromatic heterocycles. The molecule has 0 bridgehead atoms. The van der Waals surface area contributed by atoms with Crippen LogP contribution in [0.25, 0.3) is 11.0 Å². The van der Waals surface area contributed by atoms with E-state index in [1.165, 1.54) is 10.6 Å². The molecule has 1 aromatic carbocycles. The highest BCUT2D eigenvalue weighted by Gasteiger charge is 2.25. The van der Waals surface area contributed by atoms with Crippen molar-refractivity contribution in [1.29, 1.82) is 0 Å². The van der Waals surface area contributed by atoms with Crippen LogP contribution < -0.4 is 0 Å². The Morgan fingerprint density at radius 3 is 2.23 bits per heavy atom. The van der Waals surface area contributed by atoms with Gasteiger partial charge in [-0.15, -0.1) is 0 Å². The highest BCUT2D eigenvalue weighted by Crippen LogP contribution is 2.23. The number of nitrogens with one attached hydrogen (secondary N) is 1. The predicted molar refractivity (Wildman–Crippen MR) is 107 cm³/mol. The van der Waals surface area contributed by atoms with Gasteiger partial charge in [0.25, 0.3) is 0 Å². The number of aliphatic hydroxyl groups excluding tert-OH is 1. The number of hydrogen-bond acceptors (Lipinski definition) is 4. The molecule has 3 rings (SSSR count). The summed E-state index contributed by atoms with van der Waals surface area (Å²) >= 11 is 0. The molecular weight excluding hydrogens is 334 g/mol. The first-order chi connectivity index (χ1) is 11.4. The molecule has 152 valence electrons. The maximum absolute atomic E-state index is 9.20. The summed E-state index contributed by atoms with van der Waals surface area (Å²) in [4.78, 5) is 8.10. The maximum Gasteiger partial charge on any atom is 0.107 e. The molecule has 26 heavy (non-hydrogen) atoms. The van der Waals surface area contributed by atoms with Gasteiger partial charge in [0.2, 0.25) is 0 Å². The van der Waals surface area contributed by atoms with Crippen molar-refractivity contribution in [3.63, 3.8) is 0 Å². The van der Waals surface area contributed by atoms with E-state index in [1.807, 2.05) is 13.8 Å². The summed E-state index contributed by atoms with van der Waals surface area (Å²) in [5, 5.41) is 17.6. The lowest BCUT2D eigenvalue weighted by atomic mass is 9.92. The van der Waals surface area contributed by atoms with Gasteiger partial charge in [-0.3, -0.25) is 0 Å². The number of benzene rings is 1. The van der Waals surface area contributed by atoms with E-state index in [2.05, 4.69) is 48.9 Å². The Kier molecular flexibility index (Phi) is 12.3. The first kappa shape index (κ1) is 26.7. The third kappa shape index (κ3) is 7.80. The summed E-state index contributed by atoms with van der Waals surface area (Å²) in [6.45, 7) is 12.3. The van der Waals surface area contributed by atoms with E-state index >= 15 is 0 Å². The standard InChI is InChI=1S/C16H23N3O.C2H6.CH4O.2H2O/c1-16(2,3)8-15-17-13-5-4-11(7-14(13)18-15)6-12-9-19(20)10-12;2*1-2;;/h4-5,7,12,20H,6,8-10H2,1-3H3,(H,17,18);1-2H3;2H,1H3;2*1H2. The third-order valence-electron chi connectivity index (χ3n) is 3.76. The topological polar surface area (TPSA) is 135 Å². The zero-order valence-electron chi connectivity index (χ0n) is 16.9. The molecule has 1 fully saturated rings. The fourth-order valence-electron chi connectivity index (χ4n) is 2.83. The molecule has 2 heterocycles. The molecular formula is C19H37N3O4. The van der Waals surface area contributed by atoms with Crippen molar-refractivity contribution < 1.29 is 21.3 Å². The summed E-state index contributed by atoms with van der Waals surface area (Å²) in [6, 6.07) is 6.46. The summed E-state index contributed by atoms with van der Waals surface area (Å²) in [5.41, 5.74) is 3.74. The zero-order chi connectivity index (χ0) is 18.3. The van der Waals surface area contributed by atoms with E-state index in [9.17, 15) is 5.21 Å². The fourth-order valence-corrected chi connectivity index (χ4v) is 2.83. The normalized spacial score (nSPS) is 14.0. The second-order valence-electron chi connectivity index (χ2n) is 7.21. The van der Waals surface area contributed by atoms with E-state index in [0.29, 0.717) is 5.92 Å². The monoisotopic (exact) mass is 371 g/mol. The quantitative estimate of drug-likeness (QED) is 0.760. The van der Waals surface area contributed by atoms with Gasteiger partial charge >= 0.3 is 0 Å². The molecule has 0 saturated carbocycles. The molecule has 1 saturated heterocycles. The molecule has 1 aliphatic rings. The molecule has 7 N–H and O–H groups in total. The highest BCUT2D eigenvalue weighted by atomic mass is 16.5. The van der Waals surface area contributed by atoms with Crippen molar-refractivity contribution in [3.05, 3.63) is 29.6 Å². The predicted octanol–water partition coefficient (Wildman–Crippen LogP) is 2.00. The van der Waals surface area contributed by atoms with Crippen LogP contribution in [0, 0.1) is 11.3 Å². The molecule has 0 atom stereocenters. The van der Waals surface area contributed by atoms with Crippen molar-refractivity contribution in [2.45, 2.75) is 47.5 Å². The maximum atomic E-state index is 9.20. The fraction of sp³-hybridized carbons (Fsp3) is 0.632. The SMILES string of the molecule is CC.CC(C)(C)Cc1nc2ccc(CC3CN(O)C3)cc2[nH]1.CO.O.O. The number of aliphatic hydroxyl groups is 1. The average Bonchev–Trinajstić information content (AvgIpc) is 2.89. The van der Waals surface area contributed by atoms with Crippen LogP contribution >= 0.6 is 0 Å². The van der Waals surface area contributed by atoms with E-state index in [4.69, 9.17) is 5.11 Å². The van der Waals surface area contributed by atoms with Gasteiger partial charge in [0, 0.05) is 26.6 Å². The van der Waals surface area contributed by atoms with Gasteiger partial charge in [0.05, 0.1) is 11.0 Å². The molecule has 0 aliphatic carbocycles. The van der Waals surface area contributed by atoms with E-state index in [-0.39, 0.29) is 16.4 Å². The van der Waals surface area contributed by atoms with Crippen molar-refractivity contribution in [1.82, 2.24) is 15.0 Å². The summed E-state index contributed by atoms with van der Waals surface area (Å²) < 4.78 is 0. The Morgan fingerprint density at radius 1 is 1.15 bits per heavy atom. The minimum absolute atomic E-state index is 0. The lowest BCUT2D eigenvalue weighted by Gasteiger charge is -2.34. The Bertz CT molecular complexity index is 617. The Morgan fingerprint density at radius 2 is 1.73 bits per heavy atom. The molecule has 7 heteroatoms. The second kappa shape index (κ2) is 12.0. The highest BCUT2D eigenvalue weighted by molar-refractivity contribution is 5.75. The Labute approximate surface area is 156 Å². The van der Waals surface area contributed by atoms with Gasteiger partial charge in [-0.1, -0.05) is 40.7 Å². The van der Waals surface area contributed by atoms with Gasteiger partial charge in [-0.25, -0.2) is 4.98 Å². The van der Waals surface area contributed by atoms with E-state index in [0.717, 1.165) is 49.9 Å². The van der Waals surface area contributed by atoms with Crippen LogP contribution in [-0.4, -0.2) is 56.5 Å². The first-order valence-corrected chi connectivity index (χ1v) is 8.75. The molecule has 2 aromatic rings. The molecule has 0 radical (unpaired) electrons. The van der Waals surface area contributed by atoms with Gasteiger partial charge in [-0.05, 0) is 35.4 Å². The van der Waals surface area contributed by atoms with Crippen LogP contribution in [0.5, 0.6) is 0 Å². The smallest absolute Gasteiger partial charge is 0.107 e. The summed E-state index contributed by atoms with van der Waals surface area (Å²) in [7, 11) is 1.00. The molecule has 7 nitrogen and oxygen atoms in total. The average molecular weight is 372 g/mol. The van der Waals surface area contributed by atoms with Crippen LogP contribution in [0.15, 0.2) is 18.2 Å². The zero-order valence-corrected chi connectivity index (χ0v) is 16.9. The number of nitrogens with zero attached hydrogens (tertiary/aromatic N) is 2. The van der Waals surface area contributed by atoms with Crippen molar-refractivity contribution in [3.8, 4) is 0 Å². The van der Waals surface area contributed by atoms with Crippen LogP contribution in [0.2, 0.25) is 0 Å². The summed E-state index contributed by atoms with van der Waals surface area (Å²) in [5.74, 6) is 1.64. The van der Waals surface area contributed by atoms with E-state index in [1.54, 1.807) is 0 Å². The molecule has 1 aliphatic heterocycles. The minimum atomic E-state index is 0. The first-order valence-electron chi connectivity index (χ1n) is 8.75. The molecule has 0 spiro atoms. The number of imidazole rings is 1. The number of hydroxylamine groups is 2. The van der Waals surface area contributed by atoms with Gasteiger partial charge < -0.3 is 26.3 Å². The third-order valence-corrected chi connectivity index (χ3v) is 3.76. The summed E-state index contributed by atoms with van der Waals surface area (Å²) in [6.07, 6.45) is 1.99. The van der Waals surface area contributed by atoms with E-state index < -0.39 is 0 Å². The number of aromatic nitrogens is 2. The lowest BCUT2D eigenvalue weighted by Crippen LogP contribution is -2.45. The molecule has 0 amide bonds. The molecule has 0 unspecified atom stereocenters. The van der Waals surface area contributed by atoms with Gasteiger partial charge in [-0.2, -0.15) is 5.06 Å². The number of fused-ring (bicyclic) bond motifs is 1. The van der Waals surface area contributed by atoms with Crippen molar-refractivity contribution >= 4 is 11.0 Å². The van der Waals surface area contributed by atoms with Gasteiger partial charge in [0.1, 0.15) is 5.82 Å². The number of aromatic amines is 1. The Balaban J connectivity index is 0. The minimum Gasteiger partial charge on any atom is -0.412 e. The largest absolute Gasteiger partial charge is 0.412 e. The lowest BCUT2D eigenvalue weighted by molar-refractivity contribution is -0.167. The Hall–Kier alpha value is -1.51. The van der Waals surface area contributed by atoms with Crippen LogP contribution in [0.3, 0.4) is 0 Å². The van der Waals surface area contributed by atoms with Crippen LogP contribution in [-0.2, 0) is 12.8 Å². The number of H-pyrrole nitrogens is 1. The van der Waals surface area contributed by atoms with Gasteiger partial charge in [0.15, 0.2) is 0 Å². The van der Waals surface area contributed by atoms with Crippen LogP contribution in [0.1, 0.15) is 46.0 Å². The van der Waals surface area contributed by atoms with Crippen molar-refractivity contribution in [2.24, 2.45) is 11.3 Å². The van der Waals surface area contributed by atoms with Crippen molar-refractivity contribution in [2.75, 3.05) is 20.2 Å². The number of hydrogen-bond donors (Lipinski definition) is 3. The second-order valence-corrected chi connectivity index (χ2v) is 7.21.